The summed E-state index contributed by atoms with van der Waals surface area (Å²) in [7, 11) is -4.31. The van der Waals surface area contributed by atoms with Crippen LogP contribution in [-0.4, -0.2) is 11.2 Å². The van der Waals surface area contributed by atoms with E-state index in [1.807, 2.05) is 0 Å². The molecule has 2 atom stereocenters. The van der Waals surface area contributed by atoms with Gasteiger partial charge in [0.1, 0.15) is 0 Å². The lowest BCUT2D eigenvalue weighted by molar-refractivity contribution is -0.143. The van der Waals surface area contributed by atoms with Crippen molar-refractivity contribution in [3.8, 4) is 0 Å². The Morgan fingerprint density at radius 2 is 1.36 bits per heavy atom. The molecule has 2 unspecified atom stereocenters. The molecule has 0 aliphatic carbocycles. The number of rotatable bonds is 5. The first-order valence-electron chi connectivity index (χ1n) is 8.32. The average molecular weight is 422 g/mol. The van der Waals surface area contributed by atoms with Gasteiger partial charge in [-0.05, 0) is 18.6 Å². The fourth-order valence-electron chi connectivity index (χ4n) is 2.90. The molecule has 2 aromatic rings. The molecule has 0 radical (unpaired) electrons. The Morgan fingerprint density at radius 3 is 1.75 bits per heavy atom. The van der Waals surface area contributed by atoms with Crippen LogP contribution in [0.25, 0.3) is 0 Å². The highest BCUT2D eigenvalue weighted by Crippen LogP contribution is 2.56. The van der Waals surface area contributed by atoms with Crippen molar-refractivity contribution in [3.63, 3.8) is 0 Å². The highest BCUT2D eigenvalue weighted by Gasteiger charge is 2.48. The van der Waals surface area contributed by atoms with Gasteiger partial charge in [-0.2, -0.15) is 26.3 Å². The Balaban J connectivity index is 2.88. The number of carbonyl (C=O) groups is 1. The van der Waals surface area contributed by atoms with E-state index < -0.39 is 47.4 Å². The summed E-state index contributed by atoms with van der Waals surface area (Å²) >= 11 is 0. The van der Waals surface area contributed by atoms with Gasteiger partial charge < -0.3 is 4.57 Å². The van der Waals surface area contributed by atoms with E-state index in [0.29, 0.717) is 18.2 Å². The van der Waals surface area contributed by atoms with Gasteiger partial charge in [0.15, 0.2) is 7.14 Å². The summed E-state index contributed by atoms with van der Waals surface area (Å²) in [6, 6.07) is 8.35. The number of hydrogen-bond donors (Lipinski definition) is 0. The average Bonchev–Trinajstić information content (AvgIpc) is 2.64. The van der Waals surface area contributed by atoms with Crippen LogP contribution >= 0.6 is 7.14 Å². The summed E-state index contributed by atoms with van der Waals surface area (Å²) in [5, 5.41) is -0.0700. The van der Waals surface area contributed by atoms with Gasteiger partial charge in [-0.25, -0.2) is 0 Å². The molecule has 0 N–H and O–H groups in total. The van der Waals surface area contributed by atoms with E-state index in [-0.39, 0.29) is 11.7 Å². The van der Waals surface area contributed by atoms with Gasteiger partial charge in [-0.15, -0.1) is 0 Å². The fraction of sp³-hybridized carbons (Fsp3) is 0.316. The fourth-order valence-corrected chi connectivity index (χ4v) is 5.75. The smallest absolute Gasteiger partial charge is 0.310 e. The van der Waals surface area contributed by atoms with E-state index in [0.717, 1.165) is 0 Å². The predicted molar refractivity (Wildman–Crippen MR) is 94.2 cm³/mol. The first-order valence-corrected chi connectivity index (χ1v) is 10.1. The van der Waals surface area contributed by atoms with E-state index in [1.54, 1.807) is 13.0 Å². The van der Waals surface area contributed by atoms with Crippen LogP contribution in [-0.2, 0) is 16.9 Å². The van der Waals surface area contributed by atoms with E-state index in [2.05, 4.69) is 0 Å². The number of alkyl halides is 6. The molecule has 0 aliphatic heterocycles. The summed E-state index contributed by atoms with van der Waals surface area (Å²) in [6.45, 7) is 2.95. The molecule has 152 valence electrons. The second-order valence-corrected chi connectivity index (χ2v) is 9.40. The van der Waals surface area contributed by atoms with Crippen LogP contribution in [0, 0.1) is 0 Å². The summed E-state index contributed by atoms with van der Waals surface area (Å²) in [5.41, 5.74) is -7.65. The summed E-state index contributed by atoms with van der Waals surface area (Å²) in [5.74, 6) is 0. The molecule has 2 nitrogen and oxygen atoms in total. The molecule has 0 aliphatic rings. The standard InChI is InChI=1S/C19H17F6O2P/c1-3-12(2)28(27,13-8-5-4-6-9-13)17(26)16-14(18(20,21)22)10-7-11-15(16)19(23,24)25/h4-12H,3H2,1-2H3. The van der Waals surface area contributed by atoms with Gasteiger partial charge in [0.05, 0.1) is 16.7 Å². The van der Waals surface area contributed by atoms with E-state index in [9.17, 15) is 35.7 Å². The van der Waals surface area contributed by atoms with Gasteiger partial charge in [-0.3, -0.25) is 4.79 Å². The van der Waals surface area contributed by atoms with Gasteiger partial charge in [0.2, 0.25) is 5.52 Å². The minimum absolute atomic E-state index is 0.0700. The Kier molecular flexibility index (Phi) is 6.14. The molecule has 0 aromatic heterocycles. The minimum atomic E-state index is -5.22. The summed E-state index contributed by atoms with van der Waals surface area (Å²) in [6.07, 6.45) is -10.3. The van der Waals surface area contributed by atoms with Gasteiger partial charge in [-0.1, -0.05) is 50.2 Å². The zero-order valence-electron chi connectivity index (χ0n) is 14.9. The maximum atomic E-state index is 13.7. The lowest BCUT2D eigenvalue weighted by atomic mass is 10.0. The van der Waals surface area contributed by atoms with Crippen LogP contribution < -0.4 is 5.30 Å². The van der Waals surface area contributed by atoms with E-state index >= 15 is 0 Å². The van der Waals surface area contributed by atoms with Gasteiger partial charge >= 0.3 is 12.4 Å². The zero-order chi connectivity index (χ0) is 21.3. The first-order chi connectivity index (χ1) is 12.8. The van der Waals surface area contributed by atoms with E-state index in [1.165, 1.54) is 31.2 Å². The molecule has 0 amide bonds. The normalized spacial score (nSPS) is 15.7. The molecule has 0 saturated heterocycles. The first kappa shape index (κ1) is 22.2. The van der Waals surface area contributed by atoms with Crippen molar-refractivity contribution in [3.05, 3.63) is 65.2 Å². The Morgan fingerprint density at radius 1 is 0.893 bits per heavy atom. The minimum Gasteiger partial charge on any atom is -0.310 e. The quantitative estimate of drug-likeness (QED) is 0.416. The molecule has 0 fully saturated rings. The van der Waals surface area contributed by atoms with E-state index in [4.69, 9.17) is 0 Å². The Bertz CT molecular complexity index is 871. The van der Waals surface area contributed by atoms with Crippen LogP contribution in [0.1, 0.15) is 41.8 Å². The van der Waals surface area contributed by atoms with Crippen LogP contribution in [0.3, 0.4) is 0 Å². The van der Waals surface area contributed by atoms with Crippen molar-refractivity contribution in [2.75, 3.05) is 0 Å². The number of carbonyl (C=O) groups excluding carboxylic acids is 1. The van der Waals surface area contributed by atoms with Crippen LogP contribution in [0.4, 0.5) is 26.3 Å². The second kappa shape index (κ2) is 7.74. The van der Waals surface area contributed by atoms with Crippen molar-refractivity contribution >= 4 is 18.0 Å². The zero-order valence-corrected chi connectivity index (χ0v) is 15.8. The van der Waals surface area contributed by atoms with Crippen LogP contribution in [0.15, 0.2) is 48.5 Å². The van der Waals surface area contributed by atoms with Gasteiger partial charge in [0, 0.05) is 11.0 Å². The monoisotopic (exact) mass is 422 g/mol. The highest BCUT2D eigenvalue weighted by molar-refractivity contribution is 7.88. The molecule has 0 heterocycles. The number of hydrogen-bond acceptors (Lipinski definition) is 2. The lowest BCUT2D eigenvalue weighted by Crippen LogP contribution is -2.26. The molecule has 0 bridgehead atoms. The van der Waals surface area contributed by atoms with Crippen molar-refractivity contribution in [2.45, 2.75) is 38.3 Å². The molecule has 0 spiro atoms. The van der Waals surface area contributed by atoms with Crippen molar-refractivity contribution in [1.29, 1.82) is 0 Å². The molecule has 9 heteroatoms. The van der Waals surface area contributed by atoms with Crippen molar-refractivity contribution < 1.29 is 35.7 Å². The van der Waals surface area contributed by atoms with Crippen molar-refractivity contribution in [2.24, 2.45) is 0 Å². The Hall–Kier alpha value is -2.08. The second-order valence-electron chi connectivity index (χ2n) is 6.28. The maximum Gasteiger partial charge on any atom is 0.417 e. The summed E-state index contributed by atoms with van der Waals surface area (Å²) < 4.78 is 94.4. The third kappa shape index (κ3) is 4.02. The maximum absolute atomic E-state index is 13.7. The largest absolute Gasteiger partial charge is 0.417 e. The van der Waals surface area contributed by atoms with Crippen LogP contribution in [0.5, 0.6) is 0 Å². The summed E-state index contributed by atoms with van der Waals surface area (Å²) in [4.78, 5) is 13.1. The predicted octanol–water partition coefficient (Wildman–Crippen LogP) is 6.35. The SMILES string of the molecule is CCC(C)P(=O)(C(=O)c1c(C(F)(F)F)cccc1C(F)(F)F)c1ccccc1. The van der Waals surface area contributed by atoms with Gasteiger partial charge in [0.25, 0.3) is 0 Å². The Labute approximate surface area is 157 Å². The number of halogens is 6. The molecular weight excluding hydrogens is 405 g/mol. The molecule has 0 saturated carbocycles. The third-order valence-corrected chi connectivity index (χ3v) is 8.04. The number of benzene rings is 2. The van der Waals surface area contributed by atoms with Crippen molar-refractivity contribution in [1.82, 2.24) is 0 Å². The molecule has 28 heavy (non-hydrogen) atoms. The molecule has 2 aromatic carbocycles. The molecule has 2 rings (SSSR count). The molecular formula is C19H17F6O2P. The topological polar surface area (TPSA) is 34.1 Å². The highest BCUT2D eigenvalue weighted by atomic mass is 31.2. The lowest BCUT2D eigenvalue weighted by Gasteiger charge is -2.26. The van der Waals surface area contributed by atoms with Crippen LogP contribution in [0.2, 0.25) is 0 Å². The third-order valence-electron chi connectivity index (χ3n) is 4.54.